The van der Waals surface area contributed by atoms with Crippen molar-refractivity contribution in [2.45, 2.75) is 0 Å². The quantitative estimate of drug-likeness (QED) is 0.766. The average Bonchev–Trinajstić information content (AvgIpc) is 2.46. The van der Waals surface area contributed by atoms with Crippen LogP contribution >= 0.6 is 0 Å². The van der Waals surface area contributed by atoms with Gasteiger partial charge in [0.15, 0.2) is 12.5 Å². The molecule has 0 atom stereocenters. The lowest BCUT2D eigenvalue weighted by Crippen LogP contribution is -1.98. The molecule has 0 spiro atoms. The molecular weight excluding hydrogens is 230 g/mol. The third kappa shape index (κ3) is 2.81. The molecule has 18 heavy (non-hydrogen) atoms. The number of nitriles is 1. The van der Waals surface area contributed by atoms with Crippen LogP contribution < -0.4 is 4.74 Å². The summed E-state index contributed by atoms with van der Waals surface area (Å²) < 4.78 is 10.1. The van der Waals surface area contributed by atoms with Gasteiger partial charge in [-0.1, -0.05) is 0 Å². The molecule has 0 saturated heterocycles. The maximum atomic E-state index is 8.64. The van der Waals surface area contributed by atoms with Gasteiger partial charge in [0.1, 0.15) is 11.8 Å². The van der Waals surface area contributed by atoms with Crippen LogP contribution in [0, 0.1) is 11.3 Å². The molecule has 0 radical (unpaired) electrons. The van der Waals surface area contributed by atoms with Crippen molar-refractivity contribution in [1.82, 2.24) is 9.97 Å². The first-order valence-corrected chi connectivity index (χ1v) is 5.28. The molecule has 0 amide bonds. The SMILES string of the molecule is COCOc1ccc(-c2cnc(C#N)cn2)cc1. The normalized spacial score (nSPS) is 9.78. The fourth-order valence-corrected chi connectivity index (χ4v) is 1.38. The van der Waals surface area contributed by atoms with E-state index in [1.54, 1.807) is 13.3 Å². The third-order valence-corrected chi connectivity index (χ3v) is 2.26. The molecule has 1 heterocycles. The summed E-state index contributed by atoms with van der Waals surface area (Å²) in [5, 5.41) is 8.64. The van der Waals surface area contributed by atoms with Gasteiger partial charge in [0.25, 0.3) is 0 Å². The summed E-state index contributed by atoms with van der Waals surface area (Å²) >= 11 is 0. The Morgan fingerprint density at radius 1 is 1.17 bits per heavy atom. The number of aromatic nitrogens is 2. The molecule has 0 bridgehead atoms. The van der Waals surface area contributed by atoms with Crippen molar-refractivity contribution in [2.75, 3.05) is 13.9 Å². The predicted octanol–water partition coefficient (Wildman–Crippen LogP) is 2.00. The summed E-state index contributed by atoms with van der Waals surface area (Å²) in [6.45, 7) is 0.218. The van der Waals surface area contributed by atoms with Gasteiger partial charge in [-0.05, 0) is 24.3 Å². The first-order chi connectivity index (χ1) is 8.83. The highest BCUT2D eigenvalue weighted by Gasteiger charge is 2.01. The van der Waals surface area contributed by atoms with Crippen molar-refractivity contribution in [3.05, 3.63) is 42.4 Å². The zero-order valence-corrected chi connectivity index (χ0v) is 9.83. The van der Waals surface area contributed by atoms with Gasteiger partial charge < -0.3 is 9.47 Å². The minimum atomic E-state index is 0.218. The highest BCUT2D eigenvalue weighted by Crippen LogP contribution is 2.19. The van der Waals surface area contributed by atoms with Crippen LogP contribution in [0.15, 0.2) is 36.7 Å². The predicted molar refractivity (Wildman–Crippen MR) is 64.7 cm³/mol. The van der Waals surface area contributed by atoms with Gasteiger partial charge in [-0.25, -0.2) is 4.98 Å². The number of ether oxygens (including phenoxy) is 2. The van der Waals surface area contributed by atoms with Crippen molar-refractivity contribution < 1.29 is 9.47 Å². The molecule has 5 nitrogen and oxygen atoms in total. The van der Waals surface area contributed by atoms with E-state index in [1.807, 2.05) is 30.3 Å². The van der Waals surface area contributed by atoms with E-state index in [4.69, 9.17) is 14.7 Å². The molecule has 2 aromatic rings. The highest BCUT2D eigenvalue weighted by molar-refractivity contribution is 5.59. The van der Waals surface area contributed by atoms with Crippen LogP contribution in [0.5, 0.6) is 5.75 Å². The number of hydrogen-bond donors (Lipinski definition) is 0. The largest absolute Gasteiger partial charge is 0.468 e. The Morgan fingerprint density at radius 3 is 2.50 bits per heavy atom. The van der Waals surface area contributed by atoms with Gasteiger partial charge in [0.2, 0.25) is 0 Å². The number of benzene rings is 1. The molecule has 0 saturated carbocycles. The summed E-state index contributed by atoms with van der Waals surface area (Å²) in [5.74, 6) is 0.724. The summed E-state index contributed by atoms with van der Waals surface area (Å²) in [5.41, 5.74) is 1.93. The number of nitrogens with zero attached hydrogens (tertiary/aromatic N) is 3. The summed E-state index contributed by atoms with van der Waals surface area (Å²) in [6, 6.07) is 9.34. The second-order valence-corrected chi connectivity index (χ2v) is 3.47. The van der Waals surface area contributed by atoms with Gasteiger partial charge in [-0.3, -0.25) is 4.98 Å². The third-order valence-electron chi connectivity index (χ3n) is 2.26. The Morgan fingerprint density at radius 2 is 1.94 bits per heavy atom. The number of methoxy groups -OCH3 is 1. The minimum absolute atomic E-state index is 0.218. The molecule has 0 unspecified atom stereocenters. The van der Waals surface area contributed by atoms with E-state index in [9.17, 15) is 0 Å². The van der Waals surface area contributed by atoms with E-state index < -0.39 is 0 Å². The van der Waals surface area contributed by atoms with Crippen molar-refractivity contribution in [3.63, 3.8) is 0 Å². The van der Waals surface area contributed by atoms with Crippen LogP contribution in [-0.2, 0) is 4.74 Å². The molecule has 0 aliphatic carbocycles. The lowest BCUT2D eigenvalue weighted by atomic mass is 10.1. The monoisotopic (exact) mass is 241 g/mol. The molecular formula is C13H11N3O2. The van der Waals surface area contributed by atoms with E-state index in [-0.39, 0.29) is 6.79 Å². The first kappa shape index (κ1) is 12.0. The number of hydrogen-bond acceptors (Lipinski definition) is 5. The van der Waals surface area contributed by atoms with Gasteiger partial charge >= 0.3 is 0 Å². The van der Waals surface area contributed by atoms with Crippen LogP contribution in [0.1, 0.15) is 5.69 Å². The second-order valence-electron chi connectivity index (χ2n) is 3.47. The summed E-state index contributed by atoms with van der Waals surface area (Å²) in [4.78, 5) is 8.13. The van der Waals surface area contributed by atoms with Crippen LogP contribution in [0.3, 0.4) is 0 Å². The zero-order chi connectivity index (χ0) is 12.8. The highest BCUT2D eigenvalue weighted by atomic mass is 16.7. The average molecular weight is 241 g/mol. The maximum absolute atomic E-state index is 8.64. The Hall–Kier alpha value is -2.45. The van der Waals surface area contributed by atoms with Gasteiger partial charge in [-0.2, -0.15) is 5.26 Å². The van der Waals surface area contributed by atoms with E-state index >= 15 is 0 Å². The van der Waals surface area contributed by atoms with Crippen molar-refractivity contribution in [1.29, 1.82) is 5.26 Å². The van der Waals surface area contributed by atoms with E-state index in [0.717, 1.165) is 11.3 Å². The molecule has 0 N–H and O–H groups in total. The maximum Gasteiger partial charge on any atom is 0.188 e. The standard InChI is InChI=1S/C13H11N3O2/c1-17-9-18-12-4-2-10(3-5-12)13-8-15-11(6-14)7-16-13/h2-5,7-8H,9H2,1H3. The molecule has 0 fully saturated rings. The minimum Gasteiger partial charge on any atom is -0.468 e. The zero-order valence-electron chi connectivity index (χ0n) is 9.83. The Kier molecular flexibility index (Phi) is 3.84. The van der Waals surface area contributed by atoms with Crippen LogP contribution in [-0.4, -0.2) is 23.9 Å². The fraction of sp³-hybridized carbons (Fsp3) is 0.154. The molecule has 1 aromatic carbocycles. The van der Waals surface area contributed by atoms with Crippen molar-refractivity contribution in [2.24, 2.45) is 0 Å². The molecule has 5 heteroatoms. The Bertz CT molecular complexity index is 544. The Balaban J connectivity index is 2.15. The number of rotatable bonds is 4. The van der Waals surface area contributed by atoms with Crippen molar-refractivity contribution in [3.8, 4) is 23.1 Å². The van der Waals surface area contributed by atoms with Crippen LogP contribution in [0.25, 0.3) is 11.3 Å². The lowest BCUT2D eigenvalue weighted by Gasteiger charge is -2.05. The Labute approximate surface area is 105 Å². The molecule has 1 aromatic heterocycles. The molecule has 90 valence electrons. The van der Waals surface area contributed by atoms with Gasteiger partial charge in [0.05, 0.1) is 18.1 Å². The van der Waals surface area contributed by atoms with E-state index in [2.05, 4.69) is 9.97 Å². The van der Waals surface area contributed by atoms with Crippen LogP contribution in [0.4, 0.5) is 0 Å². The van der Waals surface area contributed by atoms with E-state index in [1.165, 1.54) is 6.20 Å². The molecule has 0 aliphatic rings. The second kappa shape index (κ2) is 5.75. The summed E-state index contributed by atoms with van der Waals surface area (Å²) in [6.07, 6.45) is 3.02. The smallest absolute Gasteiger partial charge is 0.188 e. The van der Waals surface area contributed by atoms with Crippen molar-refractivity contribution >= 4 is 0 Å². The summed E-state index contributed by atoms with van der Waals surface area (Å²) in [7, 11) is 1.57. The lowest BCUT2D eigenvalue weighted by molar-refractivity contribution is 0.0511. The molecule has 0 aliphatic heterocycles. The van der Waals surface area contributed by atoms with Gasteiger partial charge in [0, 0.05) is 12.7 Å². The topological polar surface area (TPSA) is 68.0 Å². The van der Waals surface area contributed by atoms with Crippen LogP contribution in [0.2, 0.25) is 0 Å². The molecule has 2 rings (SSSR count). The van der Waals surface area contributed by atoms with E-state index in [0.29, 0.717) is 11.4 Å². The fourth-order valence-electron chi connectivity index (χ4n) is 1.38. The van der Waals surface area contributed by atoms with Gasteiger partial charge in [-0.15, -0.1) is 0 Å². The first-order valence-electron chi connectivity index (χ1n) is 5.28.